The first-order valence-electron chi connectivity index (χ1n) is 6.65. The fourth-order valence-electron chi connectivity index (χ4n) is 3.28. The molecule has 1 fully saturated rings. The van der Waals surface area contributed by atoms with Crippen molar-refractivity contribution in [2.75, 3.05) is 5.32 Å². The second kappa shape index (κ2) is 4.07. The second-order valence-corrected chi connectivity index (χ2v) is 7.66. The normalized spacial score (nSPS) is 23.7. The maximum absolute atomic E-state index is 13.0. The van der Waals surface area contributed by atoms with E-state index >= 15 is 0 Å². The highest BCUT2D eigenvalue weighted by Crippen LogP contribution is 2.45. The van der Waals surface area contributed by atoms with Gasteiger partial charge in [0.15, 0.2) is 14.6 Å². The van der Waals surface area contributed by atoms with Gasteiger partial charge in [-0.25, -0.2) is 8.42 Å². The van der Waals surface area contributed by atoms with E-state index in [0.717, 1.165) is 19.3 Å². The van der Waals surface area contributed by atoms with E-state index in [1.165, 1.54) is 0 Å². The van der Waals surface area contributed by atoms with Crippen molar-refractivity contribution in [3.8, 4) is 0 Å². The van der Waals surface area contributed by atoms with Gasteiger partial charge in [0.25, 0.3) is 0 Å². The van der Waals surface area contributed by atoms with Crippen LogP contribution in [0.1, 0.15) is 37.7 Å². The van der Waals surface area contributed by atoms with Crippen molar-refractivity contribution in [2.45, 2.75) is 48.7 Å². The maximum atomic E-state index is 13.0. The molecule has 0 bridgehead atoms. The number of hydrogen-bond donors (Lipinski definition) is 1. The number of rotatable bonds is 0. The van der Waals surface area contributed by atoms with E-state index in [0.29, 0.717) is 29.0 Å². The Balaban J connectivity index is 2.27. The van der Waals surface area contributed by atoms with E-state index < -0.39 is 14.6 Å². The van der Waals surface area contributed by atoms with Crippen LogP contribution in [0.2, 0.25) is 0 Å². The minimum atomic E-state index is -3.60. The topological polar surface area (TPSA) is 63.2 Å². The van der Waals surface area contributed by atoms with Crippen molar-refractivity contribution in [1.29, 1.82) is 0 Å². The van der Waals surface area contributed by atoms with Crippen LogP contribution >= 0.6 is 0 Å². The molecule has 1 aliphatic heterocycles. The number of aryl methyl sites for hydroxylation is 1. The van der Waals surface area contributed by atoms with Crippen LogP contribution in [0.5, 0.6) is 0 Å². The average molecular weight is 279 g/mol. The Bertz CT molecular complexity index is 643. The molecule has 1 saturated carbocycles. The summed E-state index contributed by atoms with van der Waals surface area (Å²) in [6.45, 7) is 1.78. The fourth-order valence-corrected chi connectivity index (χ4v) is 5.69. The zero-order valence-electron chi connectivity index (χ0n) is 10.9. The summed E-state index contributed by atoms with van der Waals surface area (Å²) in [6, 6.07) is 5.21. The molecule has 3 rings (SSSR count). The molecule has 19 heavy (non-hydrogen) atoms. The lowest BCUT2D eigenvalue weighted by Gasteiger charge is -2.39. The van der Waals surface area contributed by atoms with Crippen molar-refractivity contribution in [3.63, 3.8) is 0 Å². The minimum absolute atomic E-state index is 0.316. The predicted octanol–water partition coefficient (Wildman–Crippen LogP) is 2.42. The first kappa shape index (κ1) is 12.7. The van der Waals surface area contributed by atoms with Gasteiger partial charge in [0, 0.05) is 0 Å². The molecule has 5 heteroatoms. The van der Waals surface area contributed by atoms with Crippen LogP contribution in [-0.2, 0) is 14.6 Å². The SMILES string of the molecule is Cc1cccc2c1S(=O)(=O)C1(CCCCC1)C(=O)N2. The van der Waals surface area contributed by atoms with Gasteiger partial charge in [-0.05, 0) is 31.4 Å². The van der Waals surface area contributed by atoms with Gasteiger partial charge in [0.2, 0.25) is 5.91 Å². The number of carbonyl (C=O) groups is 1. The van der Waals surface area contributed by atoms with E-state index in [2.05, 4.69) is 5.32 Å². The predicted molar refractivity (Wildman–Crippen MR) is 72.8 cm³/mol. The molecule has 0 saturated heterocycles. The van der Waals surface area contributed by atoms with Crippen LogP contribution in [-0.4, -0.2) is 19.1 Å². The van der Waals surface area contributed by atoms with Gasteiger partial charge in [0.05, 0.1) is 10.6 Å². The highest BCUT2D eigenvalue weighted by atomic mass is 32.2. The van der Waals surface area contributed by atoms with Gasteiger partial charge >= 0.3 is 0 Å². The Morgan fingerprint density at radius 1 is 1.16 bits per heavy atom. The lowest BCUT2D eigenvalue weighted by Crippen LogP contribution is -2.54. The molecule has 1 amide bonds. The summed E-state index contributed by atoms with van der Waals surface area (Å²) in [7, 11) is -3.60. The van der Waals surface area contributed by atoms with E-state index in [9.17, 15) is 13.2 Å². The average Bonchev–Trinajstić information content (AvgIpc) is 2.37. The molecule has 1 aromatic carbocycles. The molecule has 102 valence electrons. The number of benzene rings is 1. The summed E-state index contributed by atoms with van der Waals surface area (Å²) >= 11 is 0. The molecule has 1 N–H and O–H groups in total. The lowest BCUT2D eigenvalue weighted by molar-refractivity contribution is -0.119. The molecule has 2 aliphatic rings. The number of hydrogen-bond acceptors (Lipinski definition) is 3. The summed E-state index contributed by atoms with van der Waals surface area (Å²) in [5, 5.41) is 2.80. The van der Waals surface area contributed by atoms with Crippen molar-refractivity contribution < 1.29 is 13.2 Å². The molecule has 0 aromatic heterocycles. The highest BCUT2D eigenvalue weighted by molar-refractivity contribution is 7.94. The van der Waals surface area contributed by atoms with Crippen LogP contribution in [0.15, 0.2) is 23.1 Å². The van der Waals surface area contributed by atoms with E-state index in [4.69, 9.17) is 0 Å². The molecular formula is C14H17NO3S. The zero-order valence-corrected chi connectivity index (χ0v) is 11.7. The Morgan fingerprint density at radius 2 is 1.84 bits per heavy atom. The van der Waals surface area contributed by atoms with Crippen LogP contribution in [0.4, 0.5) is 5.69 Å². The fraction of sp³-hybridized carbons (Fsp3) is 0.500. The number of amides is 1. The molecule has 4 nitrogen and oxygen atoms in total. The maximum Gasteiger partial charge on any atom is 0.246 e. The van der Waals surface area contributed by atoms with Gasteiger partial charge in [-0.3, -0.25) is 4.79 Å². The van der Waals surface area contributed by atoms with Gasteiger partial charge in [-0.1, -0.05) is 31.4 Å². The molecule has 0 unspecified atom stereocenters. The van der Waals surface area contributed by atoms with Crippen molar-refractivity contribution in [1.82, 2.24) is 0 Å². The number of anilines is 1. The molecule has 1 aliphatic carbocycles. The Hall–Kier alpha value is -1.36. The first-order chi connectivity index (χ1) is 8.99. The molecule has 1 heterocycles. The monoisotopic (exact) mass is 279 g/mol. The Labute approximate surface area is 113 Å². The van der Waals surface area contributed by atoms with Crippen LogP contribution in [0, 0.1) is 6.92 Å². The van der Waals surface area contributed by atoms with Crippen molar-refractivity contribution >= 4 is 21.4 Å². The number of fused-ring (bicyclic) bond motifs is 1. The van der Waals surface area contributed by atoms with Crippen molar-refractivity contribution in [3.05, 3.63) is 23.8 Å². The summed E-state index contributed by atoms with van der Waals surface area (Å²) in [6.07, 6.45) is 3.48. The third-order valence-corrected chi connectivity index (χ3v) is 7.02. The van der Waals surface area contributed by atoms with Gasteiger partial charge in [-0.2, -0.15) is 0 Å². The van der Waals surface area contributed by atoms with E-state index in [1.54, 1.807) is 25.1 Å². The third kappa shape index (κ3) is 1.57. The molecule has 1 aromatic rings. The van der Waals surface area contributed by atoms with Crippen LogP contribution < -0.4 is 5.32 Å². The van der Waals surface area contributed by atoms with E-state index in [-0.39, 0.29) is 5.91 Å². The summed E-state index contributed by atoms with van der Waals surface area (Å²) in [5.41, 5.74) is 1.14. The molecular weight excluding hydrogens is 262 g/mol. The minimum Gasteiger partial charge on any atom is -0.324 e. The standard InChI is InChI=1S/C14H17NO3S/c1-10-6-5-7-11-12(10)19(17,18)14(13(16)15-11)8-3-2-4-9-14/h5-7H,2-4,8-9H2,1H3,(H,15,16). The Morgan fingerprint density at radius 3 is 2.53 bits per heavy atom. The van der Waals surface area contributed by atoms with Gasteiger partial charge in [-0.15, -0.1) is 0 Å². The highest BCUT2D eigenvalue weighted by Gasteiger charge is 2.55. The quantitative estimate of drug-likeness (QED) is 0.793. The largest absolute Gasteiger partial charge is 0.324 e. The van der Waals surface area contributed by atoms with Crippen LogP contribution in [0.25, 0.3) is 0 Å². The summed E-state index contributed by atoms with van der Waals surface area (Å²) in [5.74, 6) is -0.342. The molecule has 0 atom stereocenters. The second-order valence-electron chi connectivity index (χ2n) is 5.46. The van der Waals surface area contributed by atoms with E-state index in [1.807, 2.05) is 0 Å². The zero-order chi connectivity index (χ0) is 13.7. The third-order valence-electron chi connectivity index (χ3n) is 4.32. The summed E-state index contributed by atoms with van der Waals surface area (Å²) < 4.78 is 24.7. The first-order valence-corrected chi connectivity index (χ1v) is 8.13. The number of nitrogens with one attached hydrogen (secondary N) is 1. The Kier molecular flexibility index (Phi) is 2.71. The lowest BCUT2D eigenvalue weighted by atomic mass is 9.87. The number of sulfone groups is 1. The molecule has 1 spiro atoms. The summed E-state index contributed by atoms with van der Waals surface area (Å²) in [4.78, 5) is 12.7. The van der Waals surface area contributed by atoms with Gasteiger partial charge < -0.3 is 5.32 Å². The molecule has 0 radical (unpaired) electrons. The van der Waals surface area contributed by atoms with Crippen LogP contribution in [0.3, 0.4) is 0 Å². The number of carbonyl (C=O) groups excluding carboxylic acids is 1. The smallest absolute Gasteiger partial charge is 0.246 e. The van der Waals surface area contributed by atoms with Crippen molar-refractivity contribution in [2.24, 2.45) is 0 Å². The van der Waals surface area contributed by atoms with Gasteiger partial charge in [0.1, 0.15) is 0 Å².